The van der Waals surface area contributed by atoms with Crippen molar-refractivity contribution in [2.75, 3.05) is 0 Å². The normalized spacial score (nSPS) is 46.3. The lowest BCUT2D eigenvalue weighted by molar-refractivity contribution is -0.0271. The largest absolute Gasteiger partial charge is 0.328 e. The average molecular weight is 390 g/mol. The van der Waals surface area contributed by atoms with Crippen LogP contribution in [0.15, 0.2) is 0 Å². The van der Waals surface area contributed by atoms with Crippen LogP contribution in [0.2, 0.25) is 0 Å². The van der Waals surface area contributed by atoms with Crippen LogP contribution >= 0.6 is 0 Å². The first-order valence-corrected chi connectivity index (χ1v) is 13.2. The molecule has 0 heterocycles. The maximum atomic E-state index is 6.41. The number of hydrogen-bond acceptors (Lipinski definition) is 1. The second-order valence-corrected chi connectivity index (χ2v) is 11.8. The third kappa shape index (κ3) is 5.35. The Morgan fingerprint density at radius 1 is 0.857 bits per heavy atom. The fourth-order valence-electron chi connectivity index (χ4n) is 8.36. The smallest absolute Gasteiger partial charge is 0.00416 e. The monoisotopic (exact) mass is 389 g/mol. The van der Waals surface area contributed by atoms with E-state index in [4.69, 9.17) is 5.73 Å². The van der Waals surface area contributed by atoms with Gasteiger partial charge in [-0.05, 0) is 98.2 Å². The van der Waals surface area contributed by atoms with Crippen LogP contribution in [0, 0.1) is 53.3 Å². The molecule has 3 aliphatic carbocycles. The second kappa shape index (κ2) is 10.3. The van der Waals surface area contributed by atoms with E-state index < -0.39 is 0 Å². The third-order valence-corrected chi connectivity index (χ3v) is 9.45. The first kappa shape index (κ1) is 22.6. The Labute approximate surface area is 177 Å². The highest BCUT2D eigenvalue weighted by Gasteiger charge is 2.46. The van der Waals surface area contributed by atoms with Gasteiger partial charge in [0.15, 0.2) is 0 Å². The maximum absolute atomic E-state index is 6.41. The molecule has 0 aromatic rings. The molecule has 2 N–H and O–H groups in total. The molecule has 0 spiro atoms. The Morgan fingerprint density at radius 3 is 2.36 bits per heavy atom. The van der Waals surface area contributed by atoms with Gasteiger partial charge in [0.1, 0.15) is 0 Å². The van der Waals surface area contributed by atoms with Crippen molar-refractivity contribution in [1.29, 1.82) is 0 Å². The van der Waals surface area contributed by atoms with Gasteiger partial charge in [-0.15, -0.1) is 0 Å². The maximum Gasteiger partial charge on any atom is 0.00416 e. The molecule has 0 amide bonds. The molecule has 0 aromatic heterocycles. The van der Waals surface area contributed by atoms with Crippen LogP contribution in [-0.4, -0.2) is 6.04 Å². The molecule has 0 radical (unpaired) electrons. The third-order valence-electron chi connectivity index (χ3n) is 9.45. The molecule has 3 rings (SSSR count). The highest BCUT2D eigenvalue weighted by Crippen LogP contribution is 2.54. The molecule has 28 heavy (non-hydrogen) atoms. The minimum absolute atomic E-state index is 0.492. The Morgan fingerprint density at radius 2 is 1.61 bits per heavy atom. The van der Waals surface area contributed by atoms with E-state index >= 15 is 0 Å². The molecule has 0 aliphatic heterocycles. The fraction of sp³-hybridized carbons (Fsp3) is 1.00. The van der Waals surface area contributed by atoms with E-state index in [2.05, 4.69) is 34.6 Å². The van der Waals surface area contributed by atoms with E-state index in [1.807, 2.05) is 0 Å². The van der Waals surface area contributed by atoms with E-state index in [0.29, 0.717) is 6.04 Å². The van der Waals surface area contributed by atoms with E-state index in [-0.39, 0.29) is 0 Å². The van der Waals surface area contributed by atoms with Crippen molar-refractivity contribution < 1.29 is 0 Å². The lowest BCUT2D eigenvalue weighted by atomic mass is 9.53. The molecule has 0 aromatic carbocycles. The van der Waals surface area contributed by atoms with Gasteiger partial charge in [-0.2, -0.15) is 0 Å². The van der Waals surface area contributed by atoms with E-state index in [0.717, 1.165) is 53.3 Å². The molecular weight excluding hydrogens is 338 g/mol. The van der Waals surface area contributed by atoms with Crippen molar-refractivity contribution in [2.45, 2.75) is 118 Å². The van der Waals surface area contributed by atoms with Crippen LogP contribution in [0.5, 0.6) is 0 Å². The summed E-state index contributed by atoms with van der Waals surface area (Å²) in [6, 6.07) is 0.492. The van der Waals surface area contributed by atoms with Crippen LogP contribution in [0.25, 0.3) is 0 Å². The molecule has 1 nitrogen and oxygen atoms in total. The Balaban J connectivity index is 1.82. The predicted octanol–water partition coefficient (Wildman–Crippen LogP) is 7.68. The summed E-state index contributed by atoms with van der Waals surface area (Å²) in [6.07, 6.45) is 17.2. The molecular formula is C27H51N. The molecule has 3 saturated carbocycles. The van der Waals surface area contributed by atoms with Crippen LogP contribution in [0.3, 0.4) is 0 Å². The molecule has 9 unspecified atom stereocenters. The first-order valence-electron chi connectivity index (χ1n) is 13.2. The summed E-state index contributed by atoms with van der Waals surface area (Å²) in [5, 5.41) is 0. The quantitative estimate of drug-likeness (QED) is 0.512. The Hall–Kier alpha value is -0.0400. The summed E-state index contributed by atoms with van der Waals surface area (Å²) >= 11 is 0. The highest BCUT2D eigenvalue weighted by atomic mass is 14.7. The molecule has 0 saturated heterocycles. The lowest BCUT2D eigenvalue weighted by Crippen LogP contribution is -2.46. The number of hydrogen-bond donors (Lipinski definition) is 1. The zero-order valence-electron chi connectivity index (χ0n) is 19.8. The van der Waals surface area contributed by atoms with Gasteiger partial charge in [0, 0.05) is 6.04 Å². The summed E-state index contributed by atoms with van der Waals surface area (Å²) in [5.74, 6) is 8.56. The summed E-state index contributed by atoms with van der Waals surface area (Å²) in [6.45, 7) is 12.7. The molecule has 0 bridgehead atoms. The summed E-state index contributed by atoms with van der Waals surface area (Å²) in [5.41, 5.74) is 6.41. The standard InChI is InChI=1S/C27H51N/c1-6-8-18(2)16-26-24-14-12-23(28)17-22(24)11-13-25(26)27-20(4)10-7-9-19(3)15-21(27)5/h18-27H,6-17,28H2,1-5H3/t18?,19?,20?,21?,22?,23-,24?,25?,26?,27?/m1/s1. The zero-order valence-corrected chi connectivity index (χ0v) is 19.8. The summed E-state index contributed by atoms with van der Waals surface area (Å²) in [7, 11) is 0. The second-order valence-electron chi connectivity index (χ2n) is 11.8. The van der Waals surface area contributed by atoms with Crippen molar-refractivity contribution in [3.05, 3.63) is 0 Å². The Bertz CT molecular complexity index is 459. The number of fused-ring (bicyclic) bond motifs is 1. The van der Waals surface area contributed by atoms with Gasteiger partial charge < -0.3 is 5.73 Å². The van der Waals surface area contributed by atoms with Gasteiger partial charge >= 0.3 is 0 Å². The highest BCUT2D eigenvalue weighted by molar-refractivity contribution is 4.97. The van der Waals surface area contributed by atoms with Gasteiger partial charge in [0.2, 0.25) is 0 Å². The first-order chi connectivity index (χ1) is 13.4. The van der Waals surface area contributed by atoms with Crippen molar-refractivity contribution >= 4 is 0 Å². The van der Waals surface area contributed by atoms with Gasteiger partial charge in [-0.1, -0.05) is 66.7 Å². The van der Waals surface area contributed by atoms with Crippen LogP contribution in [0.4, 0.5) is 0 Å². The van der Waals surface area contributed by atoms with Crippen LogP contribution in [-0.2, 0) is 0 Å². The minimum atomic E-state index is 0.492. The fourth-order valence-corrected chi connectivity index (χ4v) is 8.36. The van der Waals surface area contributed by atoms with E-state index in [1.165, 1.54) is 77.0 Å². The minimum Gasteiger partial charge on any atom is -0.328 e. The average Bonchev–Trinajstić information content (AvgIpc) is 2.62. The predicted molar refractivity (Wildman–Crippen MR) is 123 cm³/mol. The van der Waals surface area contributed by atoms with Crippen LogP contribution in [0.1, 0.15) is 112 Å². The molecule has 1 heteroatoms. The van der Waals surface area contributed by atoms with E-state index in [9.17, 15) is 0 Å². The molecule has 3 aliphatic rings. The molecule has 10 atom stereocenters. The van der Waals surface area contributed by atoms with Gasteiger partial charge in [-0.25, -0.2) is 0 Å². The van der Waals surface area contributed by atoms with Crippen LogP contribution < -0.4 is 5.73 Å². The molecule has 164 valence electrons. The number of rotatable bonds is 5. The Kier molecular flexibility index (Phi) is 8.34. The summed E-state index contributed by atoms with van der Waals surface area (Å²) in [4.78, 5) is 0. The number of nitrogens with two attached hydrogens (primary N) is 1. The zero-order chi connectivity index (χ0) is 20.3. The van der Waals surface area contributed by atoms with Crippen molar-refractivity contribution in [3.63, 3.8) is 0 Å². The summed E-state index contributed by atoms with van der Waals surface area (Å²) < 4.78 is 0. The molecule has 3 fully saturated rings. The van der Waals surface area contributed by atoms with Gasteiger partial charge in [-0.3, -0.25) is 0 Å². The van der Waals surface area contributed by atoms with Gasteiger partial charge in [0.05, 0.1) is 0 Å². The van der Waals surface area contributed by atoms with E-state index in [1.54, 1.807) is 0 Å². The van der Waals surface area contributed by atoms with Gasteiger partial charge in [0.25, 0.3) is 0 Å². The topological polar surface area (TPSA) is 26.0 Å². The lowest BCUT2D eigenvalue weighted by Gasteiger charge is -2.52. The van der Waals surface area contributed by atoms with Crippen molar-refractivity contribution in [3.8, 4) is 0 Å². The van der Waals surface area contributed by atoms with Crippen molar-refractivity contribution in [1.82, 2.24) is 0 Å². The van der Waals surface area contributed by atoms with Crippen molar-refractivity contribution in [2.24, 2.45) is 59.0 Å². The SMILES string of the molecule is CCCC(C)CC1C2CC[C@@H](N)CC2CCC1C1C(C)CCCC(C)CC1C.